The van der Waals surface area contributed by atoms with Crippen LogP contribution in [-0.4, -0.2) is 25.7 Å². The Kier molecular flexibility index (Phi) is 5.94. The molecule has 0 saturated heterocycles. The molecule has 0 saturated carbocycles. The molecule has 0 aliphatic carbocycles. The second-order valence-corrected chi connectivity index (χ2v) is 7.72. The molecule has 4 aromatic rings. The number of benzene rings is 1. The highest BCUT2D eigenvalue weighted by atomic mass is 32.1. The van der Waals surface area contributed by atoms with Crippen molar-refractivity contribution in [3.05, 3.63) is 70.2 Å². The smallest absolute Gasteiger partial charge is 0.278 e. The number of hydrogen-bond acceptors (Lipinski definition) is 6. The highest BCUT2D eigenvalue weighted by Gasteiger charge is 2.18. The molecule has 1 aromatic carbocycles. The Bertz CT molecular complexity index is 1230. The number of nitrogens with zero attached hydrogens (tertiary/aromatic N) is 4. The second-order valence-electron chi connectivity index (χ2n) is 6.86. The number of unbranched alkanes of at least 4 members (excludes halogenated alkanes) is 2. The summed E-state index contributed by atoms with van der Waals surface area (Å²) < 4.78 is 1.40. The van der Waals surface area contributed by atoms with E-state index < -0.39 is 0 Å². The van der Waals surface area contributed by atoms with E-state index in [2.05, 4.69) is 27.3 Å². The molecule has 1 N–H and O–H groups in total. The van der Waals surface area contributed by atoms with E-state index in [1.54, 1.807) is 36.7 Å². The Morgan fingerprint density at radius 3 is 2.73 bits per heavy atom. The number of nitrogens with one attached hydrogen (secondary N) is 1. The molecule has 0 aliphatic rings. The van der Waals surface area contributed by atoms with Gasteiger partial charge in [0.15, 0.2) is 10.8 Å². The summed E-state index contributed by atoms with van der Waals surface area (Å²) in [5, 5.41) is 10.6. The molecule has 3 heterocycles. The SMILES string of the molecule is CCCCCn1nc(C(=O)Nc2nc(-c3cccnc3)cs2)c2ccccc2c1=O. The number of carbonyl (C=O) groups is 1. The van der Waals surface area contributed by atoms with Crippen molar-refractivity contribution < 1.29 is 4.79 Å². The van der Waals surface area contributed by atoms with E-state index in [0.29, 0.717) is 22.4 Å². The maximum Gasteiger partial charge on any atom is 0.278 e. The molecule has 152 valence electrons. The van der Waals surface area contributed by atoms with E-state index >= 15 is 0 Å². The van der Waals surface area contributed by atoms with Crippen molar-refractivity contribution in [2.75, 3.05) is 5.32 Å². The van der Waals surface area contributed by atoms with Gasteiger partial charge in [-0.15, -0.1) is 11.3 Å². The van der Waals surface area contributed by atoms with Crippen LogP contribution in [-0.2, 0) is 6.54 Å². The summed E-state index contributed by atoms with van der Waals surface area (Å²) in [6.07, 6.45) is 6.30. The zero-order chi connectivity index (χ0) is 20.9. The minimum Gasteiger partial charge on any atom is -0.296 e. The molecular weight excluding hydrogens is 398 g/mol. The third-order valence-electron chi connectivity index (χ3n) is 4.74. The van der Waals surface area contributed by atoms with Gasteiger partial charge in [0.1, 0.15) is 0 Å². The van der Waals surface area contributed by atoms with Gasteiger partial charge in [-0.3, -0.25) is 19.9 Å². The quantitative estimate of drug-likeness (QED) is 0.450. The van der Waals surface area contributed by atoms with Gasteiger partial charge in [0.05, 0.1) is 11.1 Å². The lowest BCUT2D eigenvalue weighted by molar-refractivity contribution is 0.102. The third kappa shape index (κ3) is 4.13. The van der Waals surface area contributed by atoms with E-state index in [1.165, 1.54) is 16.0 Å². The predicted molar refractivity (Wildman–Crippen MR) is 119 cm³/mol. The molecule has 0 unspecified atom stereocenters. The molecule has 3 aromatic heterocycles. The Morgan fingerprint density at radius 2 is 1.97 bits per heavy atom. The summed E-state index contributed by atoms with van der Waals surface area (Å²) in [5.74, 6) is -0.387. The standard InChI is InChI=1S/C22H21N5O2S/c1-2-3-6-12-27-21(29)17-10-5-4-9-16(17)19(26-27)20(28)25-22-24-18(14-30-22)15-8-7-11-23-13-15/h4-5,7-11,13-14H,2-3,6,12H2,1H3,(H,24,25,28). The van der Waals surface area contributed by atoms with Crippen LogP contribution in [0.15, 0.2) is 59.0 Å². The Labute approximate surface area is 177 Å². The minimum absolute atomic E-state index is 0.175. The molecule has 0 bridgehead atoms. The van der Waals surface area contributed by atoms with E-state index in [4.69, 9.17) is 0 Å². The average Bonchev–Trinajstić information content (AvgIpc) is 3.24. The topological polar surface area (TPSA) is 89.8 Å². The lowest BCUT2D eigenvalue weighted by atomic mass is 10.1. The van der Waals surface area contributed by atoms with Crippen LogP contribution >= 0.6 is 11.3 Å². The van der Waals surface area contributed by atoms with Gasteiger partial charge in [-0.05, 0) is 24.6 Å². The van der Waals surface area contributed by atoms with Crippen molar-refractivity contribution >= 4 is 33.1 Å². The first-order valence-electron chi connectivity index (χ1n) is 9.84. The van der Waals surface area contributed by atoms with Gasteiger partial charge in [0, 0.05) is 35.3 Å². The zero-order valence-electron chi connectivity index (χ0n) is 16.5. The number of aromatic nitrogens is 4. The molecule has 8 heteroatoms. The number of anilines is 1. The van der Waals surface area contributed by atoms with Crippen molar-refractivity contribution in [1.29, 1.82) is 0 Å². The predicted octanol–water partition coefficient (Wildman–Crippen LogP) is 4.36. The second kappa shape index (κ2) is 8.96. The van der Waals surface area contributed by atoms with Crippen LogP contribution in [0.25, 0.3) is 22.0 Å². The van der Waals surface area contributed by atoms with Crippen LogP contribution in [0, 0.1) is 0 Å². The molecule has 0 aliphatic heterocycles. The van der Waals surface area contributed by atoms with Crippen molar-refractivity contribution in [3.63, 3.8) is 0 Å². The summed E-state index contributed by atoms with van der Waals surface area (Å²) >= 11 is 1.33. The first kappa shape index (κ1) is 19.9. The number of hydrogen-bond donors (Lipinski definition) is 1. The molecule has 0 atom stereocenters. The monoisotopic (exact) mass is 419 g/mol. The first-order chi connectivity index (χ1) is 14.7. The molecule has 1 amide bonds. The normalized spacial score (nSPS) is 11.0. The molecule has 0 fully saturated rings. The Balaban J connectivity index is 1.65. The first-order valence-corrected chi connectivity index (χ1v) is 10.7. The average molecular weight is 420 g/mol. The number of pyridine rings is 1. The number of aryl methyl sites for hydroxylation is 1. The summed E-state index contributed by atoms with van der Waals surface area (Å²) in [5.41, 5.74) is 1.67. The summed E-state index contributed by atoms with van der Waals surface area (Å²) in [4.78, 5) is 34.4. The maximum atomic E-state index is 13.0. The Hall–Kier alpha value is -3.39. The molecule has 30 heavy (non-hydrogen) atoms. The van der Waals surface area contributed by atoms with Gasteiger partial charge in [-0.25, -0.2) is 9.67 Å². The number of rotatable bonds is 7. The van der Waals surface area contributed by atoms with Crippen molar-refractivity contribution in [3.8, 4) is 11.3 Å². The fourth-order valence-electron chi connectivity index (χ4n) is 3.20. The van der Waals surface area contributed by atoms with Crippen molar-refractivity contribution in [2.45, 2.75) is 32.7 Å². The largest absolute Gasteiger partial charge is 0.296 e. The van der Waals surface area contributed by atoms with E-state index in [1.807, 2.05) is 17.5 Å². The number of carbonyl (C=O) groups excluding carboxylic acids is 1. The van der Waals surface area contributed by atoms with Gasteiger partial charge in [-0.1, -0.05) is 38.0 Å². The van der Waals surface area contributed by atoms with Gasteiger partial charge in [0.25, 0.3) is 11.5 Å². The van der Waals surface area contributed by atoms with Gasteiger partial charge in [-0.2, -0.15) is 5.10 Å². The summed E-state index contributed by atoms with van der Waals surface area (Å²) in [6, 6.07) is 10.8. The lowest BCUT2D eigenvalue weighted by Crippen LogP contribution is -2.27. The van der Waals surface area contributed by atoms with Crippen LogP contribution in [0.2, 0.25) is 0 Å². The van der Waals surface area contributed by atoms with Crippen LogP contribution in [0.5, 0.6) is 0 Å². The van der Waals surface area contributed by atoms with Crippen molar-refractivity contribution in [1.82, 2.24) is 19.7 Å². The fraction of sp³-hybridized carbons (Fsp3) is 0.227. The van der Waals surface area contributed by atoms with Gasteiger partial charge in [0.2, 0.25) is 0 Å². The maximum absolute atomic E-state index is 13.0. The molecule has 4 rings (SSSR count). The molecular formula is C22H21N5O2S. The Morgan fingerprint density at radius 1 is 1.13 bits per heavy atom. The zero-order valence-corrected chi connectivity index (χ0v) is 17.4. The lowest BCUT2D eigenvalue weighted by Gasteiger charge is -2.10. The number of amides is 1. The molecule has 0 spiro atoms. The summed E-state index contributed by atoms with van der Waals surface area (Å²) in [7, 11) is 0. The van der Waals surface area contributed by atoms with E-state index in [9.17, 15) is 9.59 Å². The molecule has 0 radical (unpaired) electrons. The van der Waals surface area contributed by atoms with Crippen LogP contribution in [0.1, 0.15) is 36.7 Å². The highest BCUT2D eigenvalue weighted by Crippen LogP contribution is 2.25. The fourth-order valence-corrected chi connectivity index (χ4v) is 3.92. The molecule has 7 nitrogen and oxygen atoms in total. The van der Waals surface area contributed by atoms with Crippen molar-refractivity contribution in [2.24, 2.45) is 0 Å². The number of thiazole rings is 1. The van der Waals surface area contributed by atoms with Crippen LogP contribution in [0.4, 0.5) is 5.13 Å². The third-order valence-corrected chi connectivity index (χ3v) is 5.50. The van der Waals surface area contributed by atoms with Crippen LogP contribution in [0.3, 0.4) is 0 Å². The minimum atomic E-state index is -0.387. The van der Waals surface area contributed by atoms with Gasteiger partial charge < -0.3 is 0 Å². The summed E-state index contributed by atoms with van der Waals surface area (Å²) in [6.45, 7) is 2.59. The van der Waals surface area contributed by atoms with Gasteiger partial charge >= 0.3 is 0 Å². The number of fused-ring (bicyclic) bond motifs is 1. The van der Waals surface area contributed by atoms with E-state index in [0.717, 1.165) is 30.5 Å². The highest BCUT2D eigenvalue weighted by molar-refractivity contribution is 7.14. The van der Waals surface area contributed by atoms with Crippen LogP contribution < -0.4 is 10.9 Å². The van der Waals surface area contributed by atoms with E-state index in [-0.39, 0.29) is 17.2 Å².